The zero-order valence-corrected chi connectivity index (χ0v) is 22.0. The van der Waals surface area contributed by atoms with E-state index in [1.165, 1.54) is 38.5 Å². The monoisotopic (exact) mass is 548 g/mol. The third-order valence-corrected chi connectivity index (χ3v) is 7.73. The number of methoxy groups -OCH3 is 2. The first-order chi connectivity index (χ1) is 18.8. The first kappa shape index (κ1) is 26.3. The lowest BCUT2D eigenvalue weighted by Crippen LogP contribution is -2.48. The Bertz CT molecular complexity index is 1460. The molecular weight excluding hydrogens is 523 g/mol. The Hall–Kier alpha value is -4.30. The predicted molar refractivity (Wildman–Crippen MR) is 145 cm³/mol. The fourth-order valence-electron chi connectivity index (χ4n) is 5.74. The quantitative estimate of drug-likeness (QED) is 0.365. The number of hydrogen-bond acceptors (Lipinski definition) is 6. The second-order valence-electron chi connectivity index (χ2n) is 9.38. The van der Waals surface area contributed by atoms with E-state index in [-0.39, 0.29) is 23.7 Å². The lowest BCUT2D eigenvalue weighted by atomic mass is 9.56. The van der Waals surface area contributed by atoms with E-state index in [9.17, 15) is 19.1 Å². The lowest BCUT2D eigenvalue weighted by molar-refractivity contribution is -0.138. The van der Waals surface area contributed by atoms with Gasteiger partial charge in [-0.05, 0) is 71.7 Å². The van der Waals surface area contributed by atoms with Crippen LogP contribution in [0.25, 0.3) is 0 Å². The highest BCUT2D eigenvalue weighted by Gasteiger charge is 2.66. The van der Waals surface area contributed by atoms with Crippen LogP contribution in [0.2, 0.25) is 5.02 Å². The van der Waals surface area contributed by atoms with E-state index in [1.807, 2.05) is 6.08 Å². The number of anilines is 1. The summed E-state index contributed by atoms with van der Waals surface area (Å²) in [5.74, 6) is -2.75. The number of fused-ring (bicyclic) bond motifs is 1. The second-order valence-corrected chi connectivity index (χ2v) is 9.81. The molecule has 0 radical (unpaired) electrons. The Labute approximate surface area is 230 Å². The van der Waals surface area contributed by atoms with E-state index >= 15 is 0 Å². The van der Waals surface area contributed by atoms with Gasteiger partial charge in [-0.15, -0.1) is 0 Å². The van der Waals surface area contributed by atoms with Gasteiger partial charge < -0.3 is 14.6 Å². The van der Waals surface area contributed by atoms with Crippen molar-refractivity contribution in [2.24, 2.45) is 5.92 Å². The minimum atomic E-state index is -1.42. The summed E-state index contributed by atoms with van der Waals surface area (Å²) in [5.41, 5.74) is 3.74. The van der Waals surface area contributed by atoms with Gasteiger partial charge in [-0.3, -0.25) is 15.0 Å². The predicted octanol–water partition coefficient (Wildman–Crippen LogP) is 5.75. The Morgan fingerprint density at radius 2 is 1.69 bits per heavy atom. The molecule has 200 valence electrons. The lowest BCUT2D eigenvalue weighted by Gasteiger charge is -2.43. The summed E-state index contributed by atoms with van der Waals surface area (Å²) >= 11 is 6.22. The van der Waals surface area contributed by atoms with Crippen molar-refractivity contribution in [2.45, 2.75) is 17.8 Å². The molecule has 0 bridgehead atoms. The molecule has 2 aliphatic rings. The van der Waals surface area contributed by atoms with E-state index in [0.717, 1.165) is 10.6 Å². The number of benzene rings is 3. The number of hydrogen-bond donors (Lipinski definition) is 2. The Morgan fingerprint density at radius 3 is 2.26 bits per heavy atom. The SMILES string of the molecule is C=CC1=CC[C@H]2C(=O)N(Nc3ccc(F)cc3)C(=O)[C@@]2(c2ccc(Cl)cc2)[C@H]1c1cc(OC)c(O)c(OC)c1. The molecule has 5 rings (SSSR count). The number of aromatic hydroxyl groups is 1. The van der Waals surface area contributed by atoms with Gasteiger partial charge in [0.25, 0.3) is 11.8 Å². The number of halogens is 2. The fourth-order valence-corrected chi connectivity index (χ4v) is 5.87. The maximum atomic E-state index is 14.6. The molecule has 0 aromatic heterocycles. The van der Waals surface area contributed by atoms with Crippen LogP contribution in [0.1, 0.15) is 23.5 Å². The van der Waals surface area contributed by atoms with Crippen LogP contribution in [0.3, 0.4) is 0 Å². The molecule has 1 heterocycles. The van der Waals surface area contributed by atoms with Crippen LogP contribution in [0, 0.1) is 11.7 Å². The summed E-state index contributed by atoms with van der Waals surface area (Å²) < 4.78 is 24.4. The van der Waals surface area contributed by atoms with Gasteiger partial charge in [0.1, 0.15) is 5.82 Å². The Morgan fingerprint density at radius 1 is 1.08 bits per heavy atom. The highest BCUT2D eigenvalue weighted by Crippen LogP contribution is 2.58. The van der Waals surface area contributed by atoms with E-state index in [2.05, 4.69) is 12.0 Å². The molecule has 1 fully saturated rings. The van der Waals surface area contributed by atoms with Crippen molar-refractivity contribution in [1.29, 1.82) is 0 Å². The first-order valence-electron chi connectivity index (χ1n) is 12.2. The molecule has 7 nitrogen and oxygen atoms in total. The number of hydrazine groups is 1. The highest BCUT2D eigenvalue weighted by atomic mass is 35.5. The summed E-state index contributed by atoms with van der Waals surface area (Å²) in [6.07, 6.45) is 3.84. The van der Waals surface area contributed by atoms with Gasteiger partial charge in [0.2, 0.25) is 5.75 Å². The summed E-state index contributed by atoms with van der Waals surface area (Å²) in [5, 5.41) is 12.1. The molecule has 2 N–H and O–H groups in total. The molecule has 3 aromatic carbocycles. The molecule has 9 heteroatoms. The number of ether oxygens (including phenoxy) is 2. The maximum Gasteiger partial charge on any atom is 0.260 e. The van der Waals surface area contributed by atoms with Crippen molar-refractivity contribution in [3.63, 3.8) is 0 Å². The van der Waals surface area contributed by atoms with Crippen LogP contribution >= 0.6 is 11.6 Å². The average Bonchev–Trinajstić information content (AvgIpc) is 3.16. The Balaban J connectivity index is 1.76. The zero-order valence-electron chi connectivity index (χ0n) is 21.3. The number of nitrogens with zero attached hydrogens (tertiary/aromatic N) is 1. The summed E-state index contributed by atoms with van der Waals surface area (Å²) in [6, 6.07) is 15.5. The fraction of sp³-hybridized carbons (Fsp3) is 0.200. The summed E-state index contributed by atoms with van der Waals surface area (Å²) in [4.78, 5) is 28.5. The number of phenols is 1. The largest absolute Gasteiger partial charge is 0.502 e. The van der Waals surface area contributed by atoms with E-state index in [4.69, 9.17) is 21.1 Å². The van der Waals surface area contributed by atoms with Crippen LogP contribution in [0.4, 0.5) is 10.1 Å². The van der Waals surface area contributed by atoms with Crippen molar-refractivity contribution >= 4 is 29.1 Å². The van der Waals surface area contributed by atoms with Crippen molar-refractivity contribution in [1.82, 2.24) is 5.01 Å². The smallest absolute Gasteiger partial charge is 0.260 e. The zero-order chi connectivity index (χ0) is 27.9. The van der Waals surface area contributed by atoms with Crippen molar-refractivity contribution in [2.75, 3.05) is 19.6 Å². The van der Waals surface area contributed by atoms with Crippen molar-refractivity contribution < 1.29 is 28.6 Å². The van der Waals surface area contributed by atoms with Crippen LogP contribution in [-0.4, -0.2) is 36.1 Å². The van der Waals surface area contributed by atoms with Gasteiger partial charge in [-0.25, -0.2) is 4.39 Å². The van der Waals surface area contributed by atoms with E-state index < -0.39 is 34.9 Å². The number of carbonyl (C=O) groups is 2. The van der Waals surface area contributed by atoms with Gasteiger partial charge >= 0.3 is 0 Å². The van der Waals surface area contributed by atoms with Crippen LogP contribution < -0.4 is 14.9 Å². The molecule has 1 aliphatic heterocycles. The highest BCUT2D eigenvalue weighted by molar-refractivity contribution is 6.30. The van der Waals surface area contributed by atoms with Gasteiger partial charge in [-0.1, -0.05) is 42.5 Å². The molecule has 0 spiro atoms. The number of nitrogens with one attached hydrogen (secondary N) is 1. The summed E-state index contributed by atoms with van der Waals surface area (Å²) in [6.45, 7) is 3.99. The normalized spacial score (nSPS) is 22.3. The minimum Gasteiger partial charge on any atom is -0.502 e. The first-order valence-corrected chi connectivity index (χ1v) is 12.6. The van der Waals surface area contributed by atoms with Crippen molar-refractivity contribution in [3.05, 3.63) is 107 Å². The molecule has 39 heavy (non-hydrogen) atoms. The second kappa shape index (κ2) is 10.1. The van der Waals surface area contributed by atoms with Crippen molar-refractivity contribution in [3.8, 4) is 17.2 Å². The number of amides is 2. The van der Waals surface area contributed by atoms with Crippen LogP contribution in [-0.2, 0) is 15.0 Å². The number of imide groups is 1. The molecule has 1 saturated heterocycles. The number of rotatable bonds is 7. The molecule has 1 aliphatic carbocycles. The van der Waals surface area contributed by atoms with Gasteiger partial charge in [0.15, 0.2) is 11.5 Å². The van der Waals surface area contributed by atoms with Crippen LogP contribution in [0.15, 0.2) is 85.0 Å². The topological polar surface area (TPSA) is 88.1 Å². The average molecular weight is 549 g/mol. The molecule has 2 amide bonds. The van der Waals surface area contributed by atoms with E-state index in [1.54, 1.807) is 42.5 Å². The van der Waals surface area contributed by atoms with Gasteiger partial charge in [0, 0.05) is 10.9 Å². The Kier molecular flexibility index (Phi) is 6.82. The minimum absolute atomic E-state index is 0.152. The number of carbonyl (C=O) groups excluding carboxylic acids is 2. The number of allylic oxidation sites excluding steroid dienone is 3. The van der Waals surface area contributed by atoms with E-state index in [0.29, 0.717) is 21.8 Å². The maximum absolute atomic E-state index is 14.6. The molecule has 0 unspecified atom stereocenters. The summed E-state index contributed by atoms with van der Waals surface area (Å²) in [7, 11) is 2.83. The third-order valence-electron chi connectivity index (χ3n) is 7.48. The molecular formula is C30H26ClFN2O5. The van der Waals surface area contributed by atoms with Crippen LogP contribution in [0.5, 0.6) is 17.2 Å². The standard InChI is InChI=1S/C30H26ClFN2O5/c1-4-17-5-14-23-28(36)34(33-22-12-10-21(32)11-13-22)29(37)30(23,19-6-8-20(31)9-7-19)26(17)18-15-24(38-2)27(35)25(16-18)39-3/h4-13,15-16,23,26,33,35H,1,14H2,2-3H3/t23-,26+,30+/m0/s1. The molecule has 3 atom stereocenters. The van der Waals surface area contributed by atoms with Gasteiger partial charge in [0.05, 0.1) is 31.2 Å². The van der Waals surface area contributed by atoms with Gasteiger partial charge in [-0.2, -0.15) is 5.01 Å². The molecule has 3 aromatic rings. The third kappa shape index (κ3) is 4.12. The molecule has 0 saturated carbocycles. The number of phenolic OH excluding ortho intramolecular Hbond substituents is 1.